The van der Waals surface area contributed by atoms with Crippen LogP contribution in [-0.2, 0) is 6.42 Å². The van der Waals surface area contributed by atoms with Crippen molar-refractivity contribution in [3.05, 3.63) is 33.3 Å². The van der Waals surface area contributed by atoms with Crippen LogP contribution in [-0.4, -0.2) is 13.6 Å². The van der Waals surface area contributed by atoms with E-state index in [1.807, 2.05) is 7.05 Å². The third-order valence-electron chi connectivity index (χ3n) is 2.30. The lowest BCUT2D eigenvalue weighted by Gasteiger charge is -2.10. The predicted molar refractivity (Wildman–Crippen MR) is 61.2 cm³/mol. The summed E-state index contributed by atoms with van der Waals surface area (Å²) in [5.74, 6) is 0. The van der Waals surface area contributed by atoms with E-state index in [-0.39, 0.29) is 0 Å². The molecule has 0 amide bonds. The molecule has 0 aliphatic heterocycles. The van der Waals surface area contributed by atoms with Crippen molar-refractivity contribution in [1.29, 1.82) is 0 Å². The molecule has 1 rings (SSSR count). The maximum atomic E-state index is 3.63. The molecule has 1 aromatic rings. The molecule has 0 unspecified atom stereocenters. The molecule has 13 heavy (non-hydrogen) atoms. The van der Waals surface area contributed by atoms with Crippen LogP contribution in [0, 0.1) is 13.8 Å². The van der Waals surface area contributed by atoms with Crippen LogP contribution in [0.3, 0.4) is 0 Å². The first-order valence-corrected chi connectivity index (χ1v) is 5.35. The van der Waals surface area contributed by atoms with E-state index in [0.29, 0.717) is 0 Å². The van der Waals surface area contributed by atoms with E-state index in [1.54, 1.807) is 0 Å². The van der Waals surface area contributed by atoms with Crippen LogP contribution in [0.25, 0.3) is 0 Å². The molecule has 0 aliphatic rings. The molecule has 0 radical (unpaired) electrons. The molecule has 0 aromatic heterocycles. The van der Waals surface area contributed by atoms with Gasteiger partial charge in [0.05, 0.1) is 0 Å². The van der Waals surface area contributed by atoms with Gasteiger partial charge in [-0.2, -0.15) is 0 Å². The molecule has 2 heteroatoms. The molecule has 0 bridgehead atoms. The molecule has 0 saturated heterocycles. The maximum Gasteiger partial charge on any atom is 0.0239 e. The van der Waals surface area contributed by atoms with Crippen LogP contribution >= 0.6 is 15.9 Å². The molecule has 0 fully saturated rings. The summed E-state index contributed by atoms with van der Waals surface area (Å²) >= 11 is 3.63. The van der Waals surface area contributed by atoms with Crippen LogP contribution in [0.15, 0.2) is 16.6 Å². The normalized spacial score (nSPS) is 10.5. The molecule has 0 spiro atoms. The molecule has 0 heterocycles. The Morgan fingerprint density at radius 3 is 2.46 bits per heavy atom. The standard InChI is InChI=1S/C11H16BrN/c1-8-4-5-9(2)11(12)10(8)6-7-13-3/h4-5,13H,6-7H2,1-3H3. The van der Waals surface area contributed by atoms with Gasteiger partial charge in [-0.3, -0.25) is 0 Å². The van der Waals surface area contributed by atoms with Crippen molar-refractivity contribution in [3.63, 3.8) is 0 Å². The molecule has 0 saturated carbocycles. The summed E-state index contributed by atoms with van der Waals surface area (Å²) in [5, 5.41) is 3.17. The highest BCUT2D eigenvalue weighted by Gasteiger charge is 2.05. The Bertz CT molecular complexity index is 294. The van der Waals surface area contributed by atoms with Crippen molar-refractivity contribution in [2.24, 2.45) is 0 Å². The molecule has 1 nitrogen and oxygen atoms in total. The third-order valence-corrected chi connectivity index (χ3v) is 3.40. The second kappa shape index (κ2) is 4.77. The Labute approximate surface area is 88.7 Å². The summed E-state index contributed by atoms with van der Waals surface area (Å²) in [6.45, 7) is 5.32. The van der Waals surface area contributed by atoms with Gasteiger partial charge in [0.15, 0.2) is 0 Å². The van der Waals surface area contributed by atoms with Gasteiger partial charge in [0.1, 0.15) is 0 Å². The van der Waals surface area contributed by atoms with Gasteiger partial charge in [-0.15, -0.1) is 0 Å². The number of hydrogen-bond donors (Lipinski definition) is 1. The summed E-state index contributed by atoms with van der Waals surface area (Å²) in [6.07, 6.45) is 1.09. The fourth-order valence-corrected chi connectivity index (χ4v) is 2.03. The van der Waals surface area contributed by atoms with Crippen LogP contribution in [0.2, 0.25) is 0 Å². The Kier molecular flexibility index (Phi) is 3.94. The predicted octanol–water partition coefficient (Wildman–Crippen LogP) is 2.83. The van der Waals surface area contributed by atoms with Gasteiger partial charge in [-0.05, 0) is 50.6 Å². The van der Waals surface area contributed by atoms with Crippen LogP contribution in [0.4, 0.5) is 0 Å². The van der Waals surface area contributed by atoms with Crippen molar-refractivity contribution in [2.75, 3.05) is 13.6 Å². The van der Waals surface area contributed by atoms with Crippen molar-refractivity contribution in [3.8, 4) is 0 Å². The highest BCUT2D eigenvalue weighted by molar-refractivity contribution is 9.10. The molecule has 0 aliphatic carbocycles. The average molecular weight is 242 g/mol. The topological polar surface area (TPSA) is 12.0 Å². The van der Waals surface area contributed by atoms with E-state index in [0.717, 1.165) is 13.0 Å². The van der Waals surface area contributed by atoms with E-state index >= 15 is 0 Å². The van der Waals surface area contributed by atoms with Crippen LogP contribution in [0.1, 0.15) is 16.7 Å². The minimum atomic E-state index is 1.03. The Morgan fingerprint density at radius 1 is 1.23 bits per heavy atom. The number of nitrogens with one attached hydrogen (secondary N) is 1. The minimum Gasteiger partial charge on any atom is -0.319 e. The second-order valence-electron chi connectivity index (χ2n) is 3.35. The van der Waals surface area contributed by atoms with Crippen molar-refractivity contribution >= 4 is 15.9 Å². The SMILES string of the molecule is CNCCc1c(C)ccc(C)c1Br. The van der Waals surface area contributed by atoms with Gasteiger partial charge in [-0.25, -0.2) is 0 Å². The number of hydrogen-bond acceptors (Lipinski definition) is 1. The largest absolute Gasteiger partial charge is 0.319 e. The van der Waals surface area contributed by atoms with Gasteiger partial charge in [0.2, 0.25) is 0 Å². The maximum absolute atomic E-state index is 3.63. The van der Waals surface area contributed by atoms with Gasteiger partial charge in [0.25, 0.3) is 0 Å². The smallest absolute Gasteiger partial charge is 0.0239 e. The van der Waals surface area contributed by atoms with Crippen molar-refractivity contribution in [2.45, 2.75) is 20.3 Å². The average Bonchev–Trinajstić information content (AvgIpc) is 2.12. The van der Waals surface area contributed by atoms with Crippen LogP contribution in [0.5, 0.6) is 0 Å². The van der Waals surface area contributed by atoms with Gasteiger partial charge < -0.3 is 5.32 Å². The first-order chi connectivity index (χ1) is 6.16. The third kappa shape index (κ3) is 2.55. The summed E-state index contributed by atoms with van der Waals surface area (Å²) in [5.41, 5.74) is 4.11. The minimum absolute atomic E-state index is 1.03. The number of halogens is 1. The van der Waals surface area contributed by atoms with E-state index in [1.165, 1.54) is 21.2 Å². The zero-order valence-electron chi connectivity index (χ0n) is 8.45. The molecular formula is C11H16BrN. The first kappa shape index (κ1) is 10.7. The lowest BCUT2D eigenvalue weighted by atomic mass is 10.0. The Hall–Kier alpha value is -0.340. The molecule has 72 valence electrons. The van der Waals surface area contributed by atoms with Gasteiger partial charge in [0, 0.05) is 4.47 Å². The van der Waals surface area contributed by atoms with E-state index < -0.39 is 0 Å². The lowest BCUT2D eigenvalue weighted by Crippen LogP contribution is -2.11. The zero-order chi connectivity index (χ0) is 9.84. The number of rotatable bonds is 3. The van der Waals surface area contributed by atoms with Crippen molar-refractivity contribution < 1.29 is 0 Å². The fourth-order valence-electron chi connectivity index (χ4n) is 1.39. The summed E-state index contributed by atoms with van der Waals surface area (Å²) in [4.78, 5) is 0. The van der Waals surface area contributed by atoms with Crippen LogP contribution < -0.4 is 5.32 Å². The zero-order valence-corrected chi connectivity index (χ0v) is 10.0. The van der Waals surface area contributed by atoms with Gasteiger partial charge >= 0.3 is 0 Å². The van der Waals surface area contributed by atoms with Crippen molar-refractivity contribution in [1.82, 2.24) is 5.32 Å². The summed E-state index contributed by atoms with van der Waals surface area (Å²) < 4.78 is 1.27. The Balaban J connectivity index is 2.96. The lowest BCUT2D eigenvalue weighted by molar-refractivity contribution is 0.786. The Morgan fingerprint density at radius 2 is 1.85 bits per heavy atom. The molecule has 0 atom stereocenters. The van der Waals surface area contributed by atoms with E-state index in [2.05, 4.69) is 47.2 Å². The highest BCUT2D eigenvalue weighted by atomic mass is 79.9. The summed E-state index contributed by atoms with van der Waals surface area (Å²) in [7, 11) is 1.99. The first-order valence-electron chi connectivity index (χ1n) is 4.56. The molecular weight excluding hydrogens is 226 g/mol. The quantitative estimate of drug-likeness (QED) is 0.859. The summed E-state index contributed by atoms with van der Waals surface area (Å²) in [6, 6.07) is 4.34. The molecule has 1 N–H and O–H groups in total. The van der Waals surface area contributed by atoms with E-state index in [9.17, 15) is 0 Å². The number of benzene rings is 1. The molecule has 1 aromatic carbocycles. The van der Waals surface area contributed by atoms with E-state index in [4.69, 9.17) is 0 Å². The monoisotopic (exact) mass is 241 g/mol. The second-order valence-corrected chi connectivity index (χ2v) is 4.14. The number of aryl methyl sites for hydroxylation is 2. The number of likely N-dealkylation sites (N-methyl/N-ethyl adjacent to an activating group) is 1. The highest BCUT2D eigenvalue weighted by Crippen LogP contribution is 2.24. The fraction of sp³-hybridized carbons (Fsp3) is 0.455. The van der Waals surface area contributed by atoms with Gasteiger partial charge in [-0.1, -0.05) is 28.1 Å².